The molecule has 2 rings (SSSR count). The third-order valence-electron chi connectivity index (χ3n) is 3.79. The van der Waals surface area contributed by atoms with Gasteiger partial charge in [0.25, 0.3) is 27.8 Å². The topological polar surface area (TPSA) is 182 Å². The van der Waals surface area contributed by atoms with E-state index in [4.69, 9.17) is 4.55 Å². The van der Waals surface area contributed by atoms with Crippen molar-refractivity contribution in [2.24, 2.45) is 0 Å². The van der Waals surface area contributed by atoms with E-state index >= 15 is 0 Å². The number of amides is 4. The van der Waals surface area contributed by atoms with Crippen LogP contribution in [0.1, 0.15) is 38.5 Å². The van der Waals surface area contributed by atoms with Gasteiger partial charge in [-0.2, -0.15) is 8.42 Å². The Morgan fingerprint density at radius 3 is 1.70 bits per heavy atom. The second-order valence-corrected chi connectivity index (χ2v) is 7.46. The Bertz CT molecular complexity index is 946. The van der Waals surface area contributed by atoms with Gasteiger partial charge < -0.3 is 9.68 Å². The van der Waals surface area contributed by atoms with E-state index < -0.39 is 50.6 Å². The molecule has 0 bridgehead atoms. The highest BCUT2D eigenvalue weighted by molar-refractivity contribution is 7.90. The van der Waals surface area contributed by atoms with Crippen molar-refractivity contribution < 1.29 is 51.4 Å². The third-order valence-corrected chi connectivity index (χ3v) is 4.64. The molecule has 14 heteroatoms. The van der Waals surface area contributed by atoms with Gasteiger partial charge in [0.15, 0.2) is 4.91 Å². The Hall–Kier alpha value is -3.39. The highest BCUT2D eigenvalue weighted by Crippen LogP contribution is 2.18. The predicted molar refractivity (Wildman–Crippen MR) is 92.4 cm³/mol. The van der Waals surface area contributed by atoms with Crippen molar-refractivity contribution >= 4 is 45.7 Å². The SMILES string of the molecule is O=C(CCCCCCC(=O)ON1C(=O)C=C(S(=O)(=O)O)C1=O)ON1C(=O)C=CC1=O. The van der Waals surface area contributed by atoms with Crippen molar-refractivity contribution in [1.29, 1.82) is 0 Å². The maximum atomic E-state index is 11.7. The van der Waals surface area contributed by atoms with E-state index in [1.807, 2.05) is 0 Å². The summed E-state index contributed by atoms with van der Waals surface area (Å²) in [6, 6.07) is 0. The molecule has 1 N–H and O–H groups in total. The summed E-state index contributed by atoms with van der Waals surface area (Å²) in [5, 5.41) is 0.290. The Kier molecular flexibility index (Phi) is 7.18. The van der Waals surface area contributed by atoms with Crippen molar-refractivity contribution in [3.05, 3.63) is 23.1 Å². The molecule has 30 heavy (non-hydrogen) atoms. The summed E-state index contributed by atoms with van der Waals surface area (Å²) in [5.74, 6) is -5.93. The summed E-state index contributed by atoms with van der Waals surface area (Å²) in [7, 11) is -4.93. The van der Waals surface area contributed by atoms with Crippen LogP contribution in [0, 0.1) is 0 Å². The summed E-state index contributed by atoms with van der Waals surface area (Å²) >= 11 is 0. The van der Waals surface area contributed by atoms with Gasteiger partial charge in [0.1, 0.15) is 0 Å². The number of unbranched alkanes of at least 4 members (excludes halogenated alkanes) is 3. The molecule has 13 nitrogen and oxygen atoms in total. The summed E-state index contributed by atoms with van der Waals surface area (Å²) in [6.45, 7) is 0. The number of carbonyl (C=O) groups is 6. The van der Waals surface area contributed by atoms with E-state index in [2.05, 4.69) is 9.68 Å². The second-order valence-electron chi connectivity index (χ2n) is 6.07. The minimum atomic E-state index is -4.93. The molecule has 0 aromatic rings. The molecule has 0 aromatic carbocycles. The first kappa shape index (κ1) is 22.9. The number of hydroxylamine groups is 4. The minimum Gasteiger partial charge on any atom is -0.330 e. The van der Waals surface area contributed by atoms with Crippen LogP contribution in [0.3, 0.4) is 0 Å². The number of hydrogen-bond acceptors (Lipinski definition) is 10. The Morgan fingerprint density at radius 1 is 0.800 bits per heavy atom. The van der Waals surface area contributed by atoms with Gasteiger partial charge in [-0.25, -0.2) is 9.59 Å². The first-order valence-corrected chi connectivity index (χ1v) is 10.00. The van der Waals surface area contributed by atoms with Crippen LogP contribution in [-0.2, 0) is 48.6 Å². The van der Waals surface area contributed by atoms with Gasteiger partial charge in [-0.05, 0) is 12.8 Å². The maximum absolute atomic E-state index is 11.7. The van der Waals surface area contributed by atoms with Gasteiger partial charge in [0, 0.05) is 31.1 Å². The zero-order valence-electron chi connectivity index (χ0n) is 15.3. The van der Waals surface area contributed by atoms with Crippen LogP contribution in [0.5, 0.6) is 0 Å². The third kappa shape index (κ3) is 5.81. The zero-order chi connectivity index (χ0) is 22.5. The summed E-state index contributed by atoms with van der Waals surface area (Å²) < 4.78 is 30.7. The zero-order valence-corrected chi connectivity index (χ0v) is 16.1. The van der Waals surface area contributed by atoms with Crippen LogP contribution in [0.15, 0.2) is 23.1 Å². The van der Waals surface area contributed by atoms with Gasteiger partial charge in [-0.15, -0.1) is 0 Å². The lowest BCUT2D eigenvalue weighted by Gasteiger charge is -2.13. The molecule has 2 aliphatic heterocycles. The fourth-order valence-electron chi connectivity index (χ4n) is 2.37. The van der Waals surface area contributed by atoms with E-state index in [9.17, 15) is 37.2 Å². The average molecular weight is 444 g/mol. The molecule has 0 aromatic heterocycles. The first-order chi connectivity index (χ1) is 14.0. The fraction of sp³-hybridized carbons (Fsp3) is 0.375. The largest absolute Gasteiger partial charge is 0.333 e. The Balaban J connectivity index is 1.61. The number of imide groups is 2. The van der Waals surface area contributed by atoms with E-state index in [0.29, 0.717) is 30.4 Å². The minimum absolute atomic E-state index is 0.0583. The number of hydrogen-bond donors (Lipinski definition) is 1. The van der Waals surface area contributed by atoms with Crippen LogP contribution in [0.4, 0.5) is 0 Å². The lowest BCUT2D eigenvalue weighted by atomic mass is 10.1. The van der Waals surface area contributed by atoms with Crippen molar-refractivity contribution in [1.82, 2.24) is 10.1 Å². The van der Waals surface area contributed by atoms with E-state index in [-0.39, 0.29) is 24.3 Å². The molecule has 0 fully saturated rings. The molecule has 0 saturated heterocycles. The maximum Gasteiger partial charge on any atom is 0.333 e. The van der Waals surface area contributed by atoms with E-state index in [1.165, 1.54) is 0 Å². The molecule has 0 unspecified atom stereocenters. The smallest absolute Gasteiger partial charge is 0.330 e. The van der Waals surface area contributed by atoms with Crippen LogP contribution in [-0.4, -0.2) is 58.7 Å². The first-order valence-electron chi connectivity index (χ1n) is 8.56. The normalized spacial score (nSPS) is 16.4. The number of carbonyl (C=O) groups excluding carboxylic acids is 6. The van der Waals surface area contributed by atoms with Crippen LogP contribution < -0.4 is 0 Å². The van der Waals surface area contributed by atoms with Crippen LogP contribution in [0.25, 0.3) is 0 Å². The van der Waals surface area contributed by atoms with Gasteiger partial charge in [-0.1, -0.05) is 23.0 Å². The highest BCUT2D eigenvalue weighted by Gasteiger charge is 2.40. The molecule has 0 radical (unpaired) electrons. The quantitative estimate of drug-likeness (QED) is 0.256. The summed E-state index contributed by atoms with van der Waals surface area (Å²) in [6.07, 6.45) is 3.57. The van der Waals surface area contributed by atoms with Crippen LogP contribution in [0.2, 0.25) is 0 Å². The molecule has 162 valence electrons. The lowest BCUT2D eigenvalue weighted by molar-refractivity contribution is -0.196. The fourth-order valence-corrected chi connectivity index (χ4v) is 2.92. The monoisotopic (exact) mass is 444 g/mol. The molecule has 0 aliphatic carbocycles. The molecular formula is C16H16N2O11S. The van der Waals surface area contributed by atoms with Crippen molar-refractivity contribution in [3.63, 3.8) is 0 Å². The number of nitrogens with zero attached hydrogens (tertiary/aromatic N) is 2. The van der Waals surface area contributed by atoms with E-state index in [0.717, 1.165) is 12.2 Å². The predicted octanol–water partition coefficient (Wildman–Crippen LogP) is -0.691. The van der Waals surface area contributed by atoms with Crippen molar-refractivity contribution in [3.8, 4) is 0 Å². The summed E-state index contributed by atoms with van der Waals surface area (Å²) in [5.41, 5.74) is 0. The second kappa shape index (κ2) is 9.41. The van der Waals surface area contributed by atoms with Crippen molar-refractivity contribution in [2.75, 3.05) is 0 Å². The van der Waals surface area contributed by atoms with Crippen molar-refractivity contribution in [2.45, 2.75) is 38.5 Å². The Morgan fingerprint density at radius 2 is 1.27 bits per heavy atom. The molecular weight excluding hydrogens is 428 g/mol. The van der Waals surface area contributed by atoms with E-state index in [1.54, 1.807) is 0 Å². The van der Waals surface area contributed by atoms with Gasteiger partial charge >= 0.3 is 17.8 Å². The molecule has 0 saturated carbocycles. The lowest BCUT2D eigenvalue weighted by Crippen LogP contribution is -2.34. The van der Waals surface area contributed by atoms with Crippen LogP contribution >= 0.6 is 0 Å². The van der Waals surface area contributed by atoms with Gasteiger partial charge in [-0.3, -0.25) is 23.7 Å². The molecule has 2 aliphatic rings. The number of rotatable bonds is 10. The average Bonchev–Trinajstić information content (AvgIpc) is 3.12. The highest BCUT2D eigenvalue weighted by atomic mass is 32.2. The molecule has 4 amide bonds. The van der Waals surface area contributed by atoms with Gasteiger partial charge in [0.2, 0.25) is 0 Å². The Labute approximate surface area is 169 Å². The van der Waals surface area contributed by atoms with Gasteiger partial charge in [0.05, 0.1) is 0 Å². The molecule has 0 atom stereocenters. The standard InChI is InChI=1S/C16H16N2O11S/c19-11-7-8-12(20)17(11)28-14(22)5-3-1-2-4-6-15(23)29-18-13(21)9-10(16(18)24)30(25,26)27/h7-9H,1-6H2,(H,25,26,27). The molecule has 0 spiro atoms. The molecule has 2 heterocycles. The summed E-state index contributed by atoms with van der Waals surface area (Å²) in [4.78, 5) is 76.9.